The largest absolute Gasteiger partial charge is 0.504 e. The Morgan fingerprint density at radius 2 is 1.95 bits per heavy atom. The second-order valence-corrected chi connectivity index (χ2v) is 5.32. The number of hydrogen-bond acceptors (Lipinski definition) is 6. The Balaban J connectivity index is 1.95. The number of hydrogen-bond donors (Lipinski definition) is 3. The molecule has 2 aromatic rings. The molecule has 0 atom stereocenters. The van der Waals surface area contributed by atoms with Crippen molar-refractivity contribution in [2.45, 2.75) is 31.1 Å². The Labute approximate surface area is 116 Å². The standard InChI is InChI=1S/C14H17N3O3/c15-8-14(5-1-2-6-14)13-16-12(17-20-13)9-3-4-10(18)11(19)7-9/h3-4,7,18-19H,1-2,5-6,8,15H2. The van der Waals surface area contributed by atoms with Gasteiger partial charge < -0.3 is 20.5 Å². The van der Waals surface area contributed by atoms with E-state index in [1.807, 2.05) is 0 Å². The molecule has 1 aromatic carbocycles. The van der Waals surface area contributed by atoms with Crippen LogP contribution in [0, 0.1) is 0 Å². The zero-order chi connectivity index (χ0) is 14.2. The van der Waals surface area contributed by atoms with E-state index in [9.17, 15) is 10.2 Å². The van der Waals surface area contributed by atoms with Crippen LogP contribution in [0.15, 0.2) is 22.7 Å². The summed E-state index contributed by atoms with van der Waals surface area (Å²) in [6.07, 6.45) is 4.17. The first kappa shape index (κ1) is 12.9. The van der Waals surface area contributed by atoms with Crippen LogP contribution in [0.4, 0.5) is 0 Å². The van der Waals surface area contributed by atoms with Crippen molar-refractivity contribution in [3.8, 4) is 22.9 Å². The molecule has 0 unspecified atom stereocenters. The molecule has 1 fully saturated rings. The summed E-state index contributed by atoms with van der Waals surface area (Å²) in [4.78, 5) is 4.43. The van der Waals surface area contributed by atoms with Gasteiger partial charge >= 0.3 is 0 Å². The molecular formula is C14H17N3O3. The van der Waals surface area contributed by atoms with Gasteiger partial charge in [0.15, 0.2) is 11.5 Å². The van der Waals surface area contributed by atoms with E-state index in [2.05, 4.69) is 10.1 Å². The van der Waals surface area contributed by atoms with Crippen LogP contribution in [0.2, 0.25) is 0 Å². The van der Waals surface area contributed by atoms with Gasteiger partial charge in [0, 0.05) is 12.1 Å². The lowest BCUT2D eigenvalue weighted by molar-refractivity contribution is 0.284. The number of phenolic OH excluding ortho intramolecular Hbond substituents is 2. The van der Waals surface area contributed by atoms with Gasteiger partial charge in [0.25, 0.3) is 0 Å². The predicted molar refractivity (Wildman–Crippen MR) is 72.3 cm³/mol. The maximum Gasteiger partial charge on any atom is 0.234 e. The van der Waals surface area contributed by atoms with Crippen LogP contribution in [-0.2, 0) is 5.41 Å². The highest BCUT2D eigenvalue weighted by Gasteiger charge is 2.39. The maximum absolute atomic E-state index is 9.52. The molecule has 3 rings (SSSR count). The molecule has 1 aromatic heterocycles. The normalized spacial score (nSPS) is 17.4. The quantitative estimate of drug-likeness (QED) is 0.739. The molecule has 0 bridgehead atoms. The molecule has 4 N–H and O–H groups in total. The summed E-state index contributed by atoms with van der Waals surface area (Å²) in [6, 6.07) is 4.44. The third-order valence-corrected chi connectivity index (χ3v) is 4.06. The van der Waals surface area contributed by atoms with Crippen LogP contribution in [-0.4, -0.2) is 26.9 Å². The maximum atomic E-state index is 9.52. The number of benzene rings is 1. The second-order valence-electron chi connectivity index (χ2n) is 5.32. The molecule has 6 nitrogen and oxygen atoms in total. The van der Waals surface area contributed by atoms with E-state index in [0.717, 1.165) is 25.7 Å². The lowest BCUT2D eigenvalue weighted by atomic mass is 9.86. The van der Waals surface area contributed by atoms with Crippen molar-refractivity contribution in [2.75, 3.05) is 6.54 Å². The van der Waals surface area contributed by atoms with Gasteiger partial charge in [0.05, 0.1) is 5.41 Å². The van der Waals surface area contributed by atoms with Crippen LogP contribution in [0.5, 0.6) is 11.5 Å². The van der Waals surface area contributed by atoms with Crippen molar-refractivity contribution in [1.29, 1.82) is 0 Å². The third kappa shape index (κ3) is 2.02. The summed E-state index contributed by atoms with van der Waals surface area (Å²) in [5.74, 6) is 0.588. The topological polar surface area (TPSA) is 105 Å². The minimum atomic E-state index is -0.205. The lowest BCUT2D eigenvalue weighted by Gasteiger charge is -2.21. The molecule has 20 heavy (non-hydrogen) atoms. The Hall–Kier alpha value is -2.08. The van der Waals surface area contributed by atoms with Gasteiger partial charge in [0.2, 0.25) is 11.7 Å². The van der Waals surface area contributed by atoms with Crippen LogP contribution in [0.3, 0.4) is 0 Å². The van der Waals surface area contributed by atoms with Crippen LogP contribution < -0.4 is 5.73 Å². The SMILES string of the molecule is NCC1(c2nc(-c3ccc(O)c(O)c3)no2)CCCC1. The molecule has 0 saturated heterocycles. The molecule has 1 heterocycles. The van der Waals surface area contributed by atoms with Gasteiger partial charge in [-0.2, -0.15) is 4.98 Å². The van der Waals surface area contributed by atoms with E-state index in [0.29, 0.717) is 23.8 Å². The summed E-state index contributed by atoms with van der Waals surface area (Å²) < 4.78 is 5.38. The van der Waals surface area contributed by atoms with Crippen molar-refractivity contribution in [1.82, 2.24) is 10.1 Å². The van der Waals surface area contributed by atoms with Crippen molar-refractivity contribution in [3.63, 3.8) is 0 Å². The third-order valence-electron chi connectivity index (χ3n) is 4.06. The molecule has 106 valence electrons. The van der Waals surface area contributed by atoms with Gasteiger partial charge in [-0.1, -0.05) is 18.0 Å². The first-order valence-electron chi connectivity index (χ1n) is 6.71. The summed E-state index contributed by atoms with van der Waals surface area (Å²) in [5.41, 5.74) is 6.29. The first-order valence-corrected chi connectivity index (χ1v) is 6.71. The number of phenols is 2. The Kier molecular flexibility index (Phi) is 3.10. The van der Waals surface area contributed by atoms with Gasteiger partial charge in [-0.15, -0.1) is 0 Å². The Morgan fingerprint density at radius 1 is 1.20 bits per heavy atom. The molecule has 1 aliphatic rings. The zero-order valence-electron chi connectivity index (χ0n) is 11.0. The average molecular weight is 275 g/mol. The number of nitrogens with two attached hydrogens (primary N) is 1. The van der Waals surface area contributed by atoms with Crippen LogP contribution in [0.25, 0.3) is 11.4 Å². The monoisotopic (exact) mass is 275 g/mol. The first-order chi connectivity index (χ1) is 9.64. The molecule has 0 spiro atoms. The highest BCUT2D eigenvalue weighted by atomic mass is 16.5. The number of nitrogens with zero attached hydrogens (tertiary/aromatic N) is 2. The fourth-order valence-electron chi connectivity index (χ4n) is 2.78. The molecular weight excluding hydrogens is 258 g/mol. The average Bonchev–Trinajstić information content (AvgIpc) is 3.10. The van der Waals surface area contributed by atoms with Gasteiger partial charge in [-0.3, -0.25) is 0 Å². The number of rotatable bonds is 3. The van der Waals surface area contributed by atoms with Crippen molar-refractivity contribution in [3.05, 3.63) is 24.1 Å². The van der Waals surface area contributed by atoms with E-state index in [4.69, 9.17) is 10.3 Å². The van der Waals surface area contributed by atoms with E-state index in [-0.39, 0.29) is 16.9 Å². The molecule has 0 radical (unpaired) electrons. The minimum Gasteiger partial charge on any atom is -0.504 e. The predicted octanol–water partition coefficient (Wildman–Crippen LogP) is 1.92. The van der Waals surface area contributed by atoms with Crippen molar-refractivity contribution in [2.24, 2.45) is 5.73 Å². The zero-order valence-corrected chi connectivity index (χ0v) is 11.0. The van der Waals surface area contributed by atoms with E-state index < -0.39 is 0 Å². The number of aromatic nitrogens is 2. The molecule has 6 heteroatoms. The summed E-state index contributed by atoms with van der Waals surface area (Å²) in [6.45, 7) is 0.495. The summed E-state index contributed by atoms with van der Waals surface area (Å²) in [5, 5.41) is 22.8. The molecule has 0 aliphatic heterocycles. The van der Waals surface area contributed by atoms with E-state index >= 15 is 0 Å². The fraction of sp³-hybridized carbons (Fsp3) is 0.429. The van der Waals surface area contributed by atoms with E-state index in [1.54, 1.807) is 6.07 Å². The number of aromatic hydroxyl groups is 2. The highest BCUT2D eigenvalue weighted by Crippen LogP contribution is 2.40. The molecule has 1 saturated carbocycles. The van der Waals surface area contributed by atoms with Crippen LogP contribution in [0.1, 0.15) is 31.6 Å². The van der Waals surface area contributed by atoms with Gasteiger partial charge in [-0.05, 0) is 31.0 Å². The van der Waals surface area contributed by atoms with Gasteiger partial charge in [0.1, 0.15) is 0 Å². The summed E-state index contributed by atoms with van der Waals surface area (Å²) in [7, 11) is 0. The van der Waals surface area contributed by atoms with Gasteiger partial charge in [-0.25, -0.2) is 0 Å². The Morgan fingerprint density at radius 3 is 2.60 bits per heavy atom. The summed E-state index contributed by atoms with van der Waals surface area (Å²) >= 11 is 0. The molecule has 0 amide bonds. The van der Waals surface area contributed by atoms with E-state index in [1.165, 1.54) is 12.1 Å². The highest BCUT2D eigenvalue weighted by molar-refractivity contribution is 5.60. The fourth-order valence-corrected chi connectivity index (χ4v) is 2.78. The molecule has 1 aliphatic carbocycles. The van der Waals surface area contributed by atoms with Crippen molar-refractivity contribution < 1.29 is 14.7 Å². The van der Waals surface area contributed by atoms with Crippen molar-refractivity contribution >= 4 is 0 Å². The minimum absolute atomic E-state index is 0.174. The second kappa shape index (κ2) is 4.79. The lowest BCUT2D eigenvalue weighted by Crippen LogP contribution is -2.32. The van der Waals surface area contributed by atoms with Crippen LogP contribution >= 0.6 is 0 Å². The smallest absolute Gasteiger partial charge is 0.234 e. The Bertz CT molecular complexity index is 618.